The van der Waals surface area contributed by atoms with Gasteiger partial charge in [0.15, 0.2) is 9.84 Å². The zero-order chi connectivity index (χ0) is 13.6. The van der Waals surface area contributed by atoms with Crippen LogP contribution >= 0.6 is 0 Å². The number of carbonyl (C=O) groups is 2. The smallest absolute Gasteiger partial charge is 0.326 e. The molecular formula is C10H17NO5S. The van der Waals surface area contributed by atoms with Gasteiger partial charge in [0.05, 0.1) is 0 Å². The van der Waals surface area contributed by atoms with Crippen molar-refractivity contribution in [1.29, 1.82) is 0 Å². The van der Waals surface area contributed by atoms with Gasteiger partial charge in [-0.2, -0.15) is 0 Å². The van der Waals surface area contributed by atoms with E-state index in [1.54, 1.807) is 19.1 Å². The average Bonchev–Trinajstić information content (AvgIpc) is 2.20. The Balaban J connectivity index is 4.67. The monoisotopic (exact) mass is 263 g/mol. The van der Waals surface area contributed by atoms with Gasteiger partial charge in [-0.05, 0) is 20.3 Å². The number of rotatable bonds is 6. The van der Waals surface area contributed by atoms with E-state index in [1.807, 2.05) is 0 Å². The number of allylic oxidation sites excluding steroid dienone is 1. The molecule has 0 aromatic carbocycles. The summed E-state index contributed by atoms with van der Waals surface area (Å²) in [4.78, 5) is 22.3. The van der Waals surface area contributed by atoms with Crippen molar-refractivity contribution in [3.63, 3.8) is 0 Å². The SMILES string of the molecule is C/C=C/CC(NC(=O)C(C)S(C)(=O)=O)C(=O)O. The third-order valence-corrected chi connectivity index (χ3v) is 3.73. The first kappa shape index (κ1) is 15.6. The third-order valence-electron chi connectivity index (χ3n) is 2.23. The Morgan fingerprint density at radius 3 is 2.29 bits per heavy atom. The van der Waals surface area contributed by atoms with Crippen molar-refractivity contribution in [2.75, 3.05) is 6.26 Å². The van der Waals surface area contributed by atoms with E-state index in [0.717, 1.165) is 6.26 Å². The number of amides is 1. The van der Waals surface area contributed by atoms with Gasteiger partial charge >= 0.3 is 5.97 Å². The normalized spacial score (nSPS) is 15.5. The number of nitrogens with one attached hydrogen (secondary N) is 1. The summed E-state index contributed by atoms with van der Waals surface area (Å²) in [6, 6.07) is -1.11. The van der Waals surface area contributed by atoms with Gasteiger partial charge in [0.25, 0.3) is 0 Å². The molecule has 0 aliphatic carbocycles. The fraction of sp³-hybridized carbons (Fsp3) is 0.600. The van der Waals surface area contributed by atoms with Gasteiger partial charge in [-0.3, -0.25) is 4.79 Å². The molecule has 1 amide bonds. The summed E-state index contributed by atoms with van der Waals surface area (Å²) >= 11 is 0. The summed E-state index contributed by atoms with van der Waals surface area (Å²) in [5, 5.41) is 9.77. The first-order valence-corrected chi connectivity index (χ1v) is 6.98. The molecule has 98 valence electrons. The Hall–Kier alpha value is -1.37. The predicted molar refractivity (Wildman–Crippen MR) is 63.3 cm³/mol. The third kappa shape index (κ3) is 5.48. The van der Waals surface area contributed by atoms with Crippen LogP contribution in [0.5, 0.6) is 0 Å². The molecule has 0 saturated heterocycles. The predicted octanol–water partition coefficient (Wildman–Crippen LogP) is -0.0449. The summed E-state index contributed by atoms with van der Waals surface area (Å²) in [5.74, 6) is -2.00. The van der Waals surface area contributed by atoms with Gasteiger partial charge in [0.1, 0.15) is 11.3 Å². The number of aliphatic carboxylic acids is 1. The van der Waals surface area contributed by atoms with E-state index in [0.29, 0.717) is 0 Å². The summed E-state index contributed by atoms with van der Waals surface area (Å²) < 4.78 is 22.2. The van der Waals surface area contributed by atoms with E-state index in [-0.39, 0.29) is 6.42 Å². The zero-order valence-electron chi connectivity index (χ0n) is 10.0. The highest BCUT2D eigenvalue weighted by atomic mass is 32.2. The topological polar surface area (TPSA) is 101 Å². The summed E-state index contributed by atoms with van der Waals surface area (Å²) in [5.41, 5.74) is 0. The van der Waals surface area contributed by atoms with Crippen molar-refractivity contribution >= 4 is 21.7 Å². The fourth-order valence-corrected chi connectivity index (χ4v) is 1.43. The number of carboxylic acids is 1. The van der Waals surface area contributed by atoms with E-state index in [1.165, 1.54) is 6.92 Å². The van der Waals surface area contributed by atoms with Gasteiger partial charge in [-0.25, -0.2) is 13.2 Å². The molecule has 0 heterocycles. The molecule has 2 N–H and O–H groups in total. The van der Waals surface area contributed by atoms with E-state index in [9.17, 15) is 18.0 Å². The van der Waals surface area contributed by atoms with Crippen LogP contribution < -0.4 is 5.32 Å². The Morgan fingerprint density at radius 2 is 1.94 bits per heavy atom. The fourth-order valence-electron chi connectivity index (χ4n) is 0.977. The van der Waals surface area contributed by atoms with Crippen LogP contribution in [0.3, 0.4) is 0 Å². The van der Waals surface area contributed by atoms with Crippen LogP contribution in [0.4, 0.5) is 0 Å². The van der Waals surface area contributed by atoms with E-state index < -0.39 is 33.0 Å². The van der Waals surface area contributed by atoms with Crippen LogP contribution in [0.2, 0.25) is 0 Å². The van der Waals surface area contributed by atoms with Crippen molar-refractivity contribution in [3.8, 4) is 0 Å². The molecule has 0 rings (SSSR count). The maximum absolute atomic E-state index is 11.5. The lowest BCUT2D eigenvalue weighted by molar-refractivity contribution is -0.141. The molecule has 6 nitrogen and oxygen atoms in total. The lowest BCUT2D eigenvalue weighted by atomic mass is 10.2. The molecule has 2 atom stereocenters. The Morgan fingerprint density at radius 1 is 1.41 bits per heavy atom. The second-order valence-corrected chi connectivity index (χ2v) is 6.04. The van der Waals surface area contributed by atoms with E-state index >= 15 is 0 Å². The maximum atomic E-state index is 11.5. The maximum Gasteiger partial charge on any atom is 0.326 e. The minimum absolute atomic E-state index is 0.119. The molecule has 0 aliphatic rings. The van der Waals surface area contributed by atoms with Crippen molar-refractivity contribution in [3.05, 3.63) is 12.2 Å². The number of sulfone groups is 1. The van der Waals surface area contributed by atoms with Crippen LogP contribution in [-0.2, 0) is 19.4 Å². The molecule has 7 heteroatoms. The molecule has 0 fully saturated rings. The molecular weight excluding hydrogens is 246 g/mol. The summed E-state index contributed by atoms with van der Waals surface area (Å²) in [6.07, 6.45) is 4.29. The van der Waals surface area contributed by atoms with Gasteiger partial charge in [0, 0.05) is 6.26 Å². The van der Waals surface area contributed by atoms with Crippen LogP contribution in [0.15, 0.2) is 12.2 Å². The van der Waals surface area contributed by atoms with Crippen LogP contribution in [0.25, 0.3) is 0 Å². The zero-order valence-corrected chi connectivity index (χ0v) is 10.8. The Kier molecular flexibility index (Phi) is 5.87. The quantitative estimate of drug-likeness (QED) is 0.655. The highest BCUT2D eigenvalue weighted by molar-refractivity contribution is 7.92. The standard InChI is InChI=1S/C10H17NO5S/c1-4-5-6-8(10(13)14)11-9(12)7(2)17(3,15)16/h4-5,7-8H,6H2,1-3H3,(H,11,12)(H,13,14)/b5-4+. The first-order chi connectivity index (χ1) is 7.70. The largest absolute Gasteiger partial charge is 0.480 e. The van der Waals surface area contributed by atoms with Gasteiger partial charge in [-0.15, -0.1) is 0 Å². The van der Waals surface area contributed by atoms with Gasteiger partial charge in [0.2, 0.25) is 5.91 Å². The molecule has 0 aliphatic heterocycles. The van der Waals surface area contributed by atoms with Crippen molar-refractivity contribution < 1.29 is 23.1 Å². The lowest BCUT2D eigenvalue weighted by Crippen LogP contribution is -2.46. The molecule has 0 aromatic heterocycles. The number of hydrogen-bond acceptors (Lipinski definition) is 4. The molecule has 0 radical (unpaired) electrons. The number of carbonyl (C=O) groups excluding carboxylic acids is 1. The van der Waals surface area contributed by atoms with Crippen molar-refractivity contribution in [1.82, 2.24) is 5.32 Å². The molecule has 0 saturated carbocycles. The summed E-state index contributed by atoms with van der Waals surface area (Å²) in [7, 11) is -3.52. The second kappa shape index (κ2) is 6.39. The molecule has 0 aromatic rings. The minimum Gasteiger partial charge on any atom is -0.480 e. The molecule has 2 unspecified atom stereocenters. The average molecular weight is 263 g/mol. The van der Waals surface area contributed by atoms with Crippen molar-refractivity contribution in [2.24, 2.45) is 0 Å². The lowest BCUT2D eigenvalue weighted by Gasteiger charge is -2.15. The first-order valence-electron chi connectivity index (χ1n) is 5.03. The second-order valence-electron chi connectivity index (χ2n) is 3.68. The molecule has 0 bridgehead atoms. The van der Waals surface area contributed by atoms with Gasteiger partial charge < -0.3 is 10.4 Å². The van der Waals surface area contributed by atoms with E-state index in [2.05, 4.69) is 5.32 Å². The number of carboxylic acid groups (broad SMARTS) is 1. The number of hydrogen-bond donors (Lipinski definition) is 2. The summed E-state index contributed by atoms with van der Waals surface area (Å²) in [6.45, 7) is 2.94. The highest BCUT2D eigenvalue weighted by Gasteiger charge is 2.27. The van der Waals surface area contributed by atoms with E-state index in [4.69, 9.17) is 5.11 Å². The highest BCUT2D eigenvalue weighted by Crippen LogP contribution is 2.01. The molecule has 17 heavy (non-hydrogen) atoms. The Bertz CT molecular complexity index is 412. The Labute approximate surface area is 101 Å². The molecule has 0 spiro atoms. The van der Waals surface area contributed by atoms with Crippen LogP contribution in [0, 0.1) is 0 Å². The minimum atomic E-state index is -3.52. The van der Waals surface area contributed by atoms with Crippen LogP contribution in [-0.4, -0.2) is 42.9 Å². The van der Waals surface area contributed by atoms with Gasteiger partial charge in [-0.1, -0.05) is 12.2 Å². The van der Waals surface area contributed by atoms with Crippen molar-refractivity contribution in [2.45, 2.75) is 31.6 Å². The van der Waals surface area contributed by atoms with Crippen LogP contribution in [0.1, 0.15) is 20.3 Å².